The molecule has 21 heavy (non-hydrogen) atoms. The van der Waals surface area contributed by atoms with Crippen LogP contribution in [0.2, 0.25) is 0 Å². The normalized spacial score (nSPS) is 24.3. The molecule has 0 radical (unpaired) electrons. The molecule has 2 unspecified atom stereocenters. The fourth-order valence-corrected chi connectivity index (χ4v) is 2.81. The smallest absolute Gasteiger partial charge is 0.335 e. The molecule has 2 atom stereocenters. The summed E-state index contributed by atoms with van der Waals surface area (Å²) in [6.45, 7) is 0.648. The van der Waals surface area contributed by atoms with E-state index in [1.54, 1.807) is 6.07 Å². The number of amides is 2. The largest absolute Gasteiger partial charge is 0.478 e. The molecule has 1 fully saturated rings. The summed E-state index contributed by atoms with van der Waals surface area (Å²) in [4.78, 5) is 26.4. The lowest BCUT2D eigenvalue weighted by Gasteiger charge is -2.24. The number of urea groups is 1. The van der Waals surface area contributed by atoms with Gasteiger partial charge in [-0.3, -0.25) is 4.90 Å². The van der Waals surface area contributed by atoms with Gasteiger partial charge in [-0.05, 0) is 24.1 Å². The minimum absolute atomic E-state index is 0.0878. The van der Waals surface area contributed by atoms with Crippen molar-refractivity contribution in [2.24, 2.45) is 0 Å². The second kappa shape index (κ2) is 5.01. The molecule has 2 amide bonds. The van der Waals surface area contributed by atoms with Crippen molar-refractivity contribution in [3.8, 4) is 0 Å². The number of carbonyl (C=O) groups is 2. The van der Waals surface area contributed by atoms with Crippen molar-refractivity contribution in [3.05, 3.63) is 29.3 Å². The monoisotopic (exact) mass is 292 g/mol. The number of anilines is 1. The van der Waals surface area contributed by atoms with E-state index in [4.69, 9.17) is 5.11 Å². The molecule has 0 saturated carbocycles. The lowest BCUT2D eigenvalue weighted by Crippen LogP contribution is -2.42. The highest BCUT2D eigenvalue weighted by molar-refractivity contribution is 5.97. The summed E-state index contributed by atoms with van der Waals surface area (Å²) in [5.41, 5.74) is 1.65. The third-order valence-electron chi connectivity index (χ3n) is 3.99. The average Bonchev–Trinajstić information content (AvgIpc) is 3.01. The second-order valence-electron chi connectivity index (χ2n) is 5.37. The van der Waals surface area contributed by atoms with Crippen LogP contribution in [-0.2, 0) is 6.42 Å². The van der Waals surface area contributed by atoms with E-state index < -0.39 is 18.2 Å². The number of hydrogen-bond donors (Lipinski definition) is 3. The molecule has 0 aliphatic carbocycles. The van der Waals surface area contributed by atoms with Crippen LogP contribution >= 0.6 is 0 Å². The highest BCUT2D eigenvalue weighted by Gasteiger charge is 2.36. The summed E-state index contributed by atoms with van der Waals surface area (Å²) in [7, 11) is 0. The topological polar surface area (TPSA) is 101 Å². The number of rotatable bonds is 1. The molecule has 7 heteroatoms. The Labute approximate surface area is 121 Å². The number of hydrogen-bond acceptors (Lipinski definition) is 4. The zero-order valence-corrected chi connectivity index (χ0v) is 11.3. The van der Waals surface area contributed by atoms with Crippen molar-refractivity contribution < 1.29 is 24.9 Å². The lowest BCUT2D eigenvalue weighted by atomic mass is 10.1. The molecular formula is C14H16N2O5. The van der Waals surface area contributed by atoms with Gasteiger partial charge in [-0.15, -0.1) is 0 Å². The van der Waals surface area contributed by atoms with Gasteiger partial charge in [0.25, 0.3) is 0 Å². The number of benzene rings is 1. The summed E-state index contributed by atoms with van der Waals surface area (Å²) >= 11 is 0. The Balaban J connectivity index is 1.85. The maximum absolute atomic E-state index is 12.5. The fraction of sp³-hybridized carbons (Fsp3) is 0.429. The van der Waals surface area contributed by atoms with E-state index in [0.29, 0.717) is 18.7 Å². The van der Waals surface area contributed by atoms with Gasteiger partial charge >= 0.3 is 12.0 Å². The van der Waals surface area contributed by atoms with Gasteiger partial charge in [0.05, 0.1) is 30.9 Å². The SMILES string of the molecule is O=C(O)c1ccc2c(c1)N(C(=O)N1CC(O)C(O)C1)CC2. The first-order valence-electron chi connectivity index (χ1n) is 6.76. The Bertz CT molecular complexity index is 593. The standard InChI is InChI=1S/C14H16N2O5/c17-11-6-15(7-12(11)18)14(21)16-4-3-8-1-2-9(13(19)20)5-10(8)16/h1-2,5,11-12,17-18H,3-4,6-7H2,(H,19,20). The molecular weight excluding hydrogens is 276 g/mol. The summed E-state index contributed by atoms with van der Waals surface area (Å²) in [5.74, 6) is -1.04. The van der Waals surface area contributed by atoms with E-state index in [9.17, 15) is 19.8 Å². The number of β-amino-alcohol motifs (C(OH)–C–C–N with tert-alkyl or cyclic N) is 2. The molecule has 1 aromatic carbocycles. The first-order chi connectivity index (χ1) is 9.97. The van der Waals surface area contributed by atoms with E-state index in [1.165, 1.54) is 21.9 Å². The average molecular weight is 292 g/mol. The predicted octanol–water partition coefficient (Wildman–Crippen LogP) is -0.0953. The number of aliphatic hydroxyl groups excluding tert-OH is 2. The zero-order valence-electron chi connectivity index (χ0n) is 11.3. The number of nitrogens with zero attached hydrogens (tertiary/aromatic N) is 2. The molecule has 3 rings (SSSR count). The predicted molar refractivity (Wildman–Crippen MR) is 73.4 cm³/mol. The molecule has 112 valence electrons. The Kier molecular flexibility index (Phi) is 3.30. The van der Waals surface area contributed by atoms with E-state index in [2.05, 4.69) is 0 Å². The van der Waals surface area contributed by atoms with Crippen LogP contribution in [0.5, 0.6) is 0 Å². The first-order valence-corrected chi connectivity index (χ1v) is 6.76. The van der Waals surface area contributed by atoms with Gasteiger partial charge in [-0.2, -0.15) is 0 Å². The maximum atomic E-state index is 12.5. The zero-order chi connectivity index (χ0) is 15.1. The number of fused-ring (bicyclic) bond motifs is 1. The first kappa shape index (κ1) is 13.8. The maximum Gasteiger partial charge on any atom is 0.335 e. The summed E-state index contributed by atoms with van der Waals surface area (Å²) in [6, 6.07) is 4.43. The molecule has 2 aliphatic heterocycles. The third kappa shape index (κ3) is 2.34. The van der Waals surface area contributed by atoms with Crippen LogP contribution in [0.4, 0.5) is 10.5 Å². The molecule has 2 aliphatic rings. The van der Waals surface area contributed by atoms with Crippen molar-refractivity contribution in [2.75, 3.05) is 24.5 Å². The van der Waals surface area contributed by atoms with Gasteiger partial charge in [0.1, 0.15) is 0 Å². The molecule has 2 heterocycles. The molecule has 0 spiro atoms. The van der Waals surface area contributed by atoms with Gasteiger partial charge in [-0.25, -0.2) is 9.59 Å². The number of carbonyl (C=O) groups excluding carboxylic acids is 1. The minimum Gasteiger partial charge on any atom is -0.478 e. The Hall–Kier alpha value is -2.12. The molecule has 1 saturated heterocycles. The summed E-state index contributed by atoms with van der Waals surface area (Å²) < 4.78 is 0. The lowest BCUT2D eigenvalue weighted by molar-refractivity contribution is 0.0572. The molecule has 1 aromatic rings. The van der Waals surface area contributed by atoms with Crippen molar-refractivity contribution in [2.45, 2.75) is 18.6 Å². The Morgan fingerprint density at radius 3 is 2.43 bits per heavy atom. The minimum atomic E-state index is -1.04. The van der Waals surface area contributed by atoms with Crippen molar-refractivity contribution in [1.29, 1.82) is 0 Å². The van der Waals surface area contributed by atoms with E-state index in [-0.39, 0.29) is 24.7 Å². The van der Waals surface area contributed by atoms with Gasteiger partial charge in [0, 0.05) is 12.2 Å². The number of carboxylic acids is 1. The quantitative estimate of drug-likeness (QED) is 0.671. The van der Waals surface area contributed by atoms with Crippen molar-refractivity contribution in [3.63, 3.8) is 0 Å². The number of aliphatic hydroxyl groups is 2. The highest BCUT2D eigenvalue weighted by Crippen LogP contribution is 2.30. The third-order valence-corrected chi connectivity index (χ3v) is 3.99. The van der Waals surface area contributed by atoms with Crippen LogP contribution in [0.25, 0.3) is 0 Å². The van der Waals surface area contributed by atoms with Crippen LogP contribution in [0.3, 0.4) is 0 Å². The van der Waals surface area contributed by atoms with Gasteiger partial charge in [-0.1, -0.05) is 6.07 Å². The number of aromatic carboxylic acids is 1. The highest BCUT2D eigenvalue weighted by atomic mass is 16.4. The summed E-state index contributed by atoms with van der Waals surface area (Å²) in [6.07, 6.45) is -1.19. The van der Waals surface area contributed by atoms with Crippen molar-refractivity contribution in [1.82, 2.24) is 4.90 Å². The van der Waals surface area contributed by atoms with Gasteiger partial charge in [0.2, 0.25) is 0 Å². The van der Waals surface area contributed by atoms with Crippen LogP contribution in [0.1, 0.15) is 15.9 Å². The Morgan fingerprint density at radius 1 is 1.14 bits per heavy atom. The van der Waals surface area contributed by atoms with Crippen LogP contribution in [-0.4, -0.2) is 64.1 Å². The molecule has 3 N–H and O–H groups in total. The van der Waals surface area contributed by atoms with E-state index >= 15 is 0 Å². The van der Waals surface area contributed by atoms with Gasteiger partial charge < -0.3 is 20.2 Å². The second-order valence-corrected chi connectivity index (χ2v) is 5.37. The van der Waals surface area contributed by atoms with E-state index in [1.807, 2.05) is 0 Å². The van der Waals surface area contributed by atoms with Crippen LogP contribution < -0.4 is 4.90 Å². The van der Waals surface area contributed by atoms with Gasteiger partial charge in [0.15, 0.2) is 0 Å². The molecule has 0 bridgehead atoms. The number of carboxylic acid groups (broad SMARTS) is 1. The molecule has 7 nitrogen and oxygen atoms in total. The van der Waals surface area contributed by atoms with Crippen LogP contribution in [0, 0.1) is 0 Å². The number of likely N-dealkylation sites (tertiary alicyclic amines) is 1. The Morgan fingerprint density at radius 2 is 1.81 bits per heavy atom. The van der Waals surface area contributed by atoms with Crippen molar-refractivity contribution >= 4 is 17.7 Å². The molecule has 0 aromatic heterocycles. The fourth-order valence-electron chi connectivity index (χ4n) is 2.81. The van der Waals surface area contributed by atoms with Crippen LogP contribution in [0.15, 0.2) is 18.2 Å². The summed E-state index contributed by atoms with van der Waals surface area (Å²) in [5, 5.41) is 28.1. The van der Waals surface area contributed by atoms with E-state index in [0.717, 1.165) is 5.56 Å².